The van der Waals surface area contributed by atoms with E-state index in [1.54, 1.807) is 13.0 Å². The lowest BCUT2D eigenvalue weighted by Gasteiger charge is -1.98. The van der Waals surface area contributed by atoms with Gasteiger partial charge < -0.3 is 10.4 Å². The van der Waals surface area contributed by atoms with E-state index < -0.39 is 5.97 Å². The van der Waals surface area contributed by atoms with E-state index in [0.29, 0.717) is 18.0 Å². The van der Waals surface area contributed by atoms with Gasteiger partial charge in [-0.3, -0.25) is 4.79 Å². The van der Waals surface area contributed by atoms with E-state index in [4.69, 9.17) is 5.11 Å². The SMILES string of the molecule is C/C=C/C(=O)NCCc1nc(C(=O)O)cs1. The van der Waals surface area contributed by atoms with Crippen LogP contribution in [0.3, 0.4) is 0 Å². The average Bonchev–Trinajstić information content (AvgIpc) is 2.67. The number of aromatic nitrogens is 1. The minimum absolute atomic E-state index is 0.0554. The molecule has 6 heteroatoms. The number of nitrogens with one attached hydrogen (secondary N) is 1. The first kappa shape index (κ1) is 12.4. The van der Waals surface area contributed by atoms with Crippen molar-refractivity contribution in [3.63, 3.8) is 0 Å². The molecule has 1 aromatic rings. The van der Waals surface area contributed by atoms with Crippen molar-refractivity contribution in [3.8, 4) is 0 Å². The maximum atomic E-state index is 11.0. The molecule has 1 heterocycles. The molecule has 0 fully saturated rings. The Bertz CT molecular complexity index is 412. The largest absolute Gasteiger partial charge is 0.476 e. The van der Waals surface area contributed by atoms with Crippen molar-refractivity contribution in [1.29, 1.82) is 0 Å². The lowest BCUT2D eigenvalue weighted by molar-refractivity contribution is -0.116. The first-order chi connectivity index (χ1) is 7.63. The molecule has 0 bridgehead atoms. The molecular formula is C10H12N2O3S. The lowest BCUT2D eigenvalue weighted by atomic mass is 10.4. The van der Waals surface area contributed by atoms with Crippen molar-refractivity contribution in [1.82, 2.24) is 10.3 Å². The third-order valence-corrected chi connectivity index (χ3v) is 2.64. The van der Waals surface area contributed by atoms with Gasteiger partial charge in [-0.15, -0.1) is 11.3 Å². The number of hydrogen-bond acceptors (Lipinski definition) is 4. The lowest BCUT2D eigenvalue weighted by Crippen LogP contribution is -2.23. The summed E-state index contributed by atoms with van der Waals surface area (Å²) in [5.74, 6) is -1.18. The van der Waals surface area contributed by atoms with E-state index in [0.717, 1.165) is 0 Å². The standard InChI is InChI=1S/C10H12N2O3S/c1-2-3-8(13)11-5-4-9-12-7(6-16-9)10(14)15/h2-3,6H,4-5H2,1H3,(H,11,13)(H,14,15)/b3-2+. The van der Waals surface area contributed by atoms with E-state index in [2.05, 4.69) is 10.3 Å². The minimum Gasteiger partial charge on any atom is -0.476 e. The summed E-state index contributed by atoms with van der Waals surface area (Å²) < 4.78 is 0. The highest BCUT2D eigenvalue weighted by molar-refractivity contribution is 7.09. The van der Waals surface area contributed by atoms with Crippen molar-refractivity contribution in [2.45, 2.75) is 13.3 Å². The van der Waals surface area contributed by atoms with Crippen LogP contribution in [0.4, 0.5) is 0 Å². The van der Waals surface area contributed by atoms with Gasteiger partial charge in [-0.1, -0.05) is 6.08 Å². The van der Waals surface area contributed by atoms with Crippen molar-refractivity contribution in [2.75, 3.05) is 6.54 Å². The number of carboxylic acids is 1. The van der Waals surface area contributed by atoms with Gasteiger partial charge in [-0.2, -0.15) is 0 Å². The molecule has 0 aromatic carbocycles. The molecule has 86 valence electrons. The van der Waals surface area contributed by atoms with Gasteiger partial charge in [0.25, 0.3) is 0 Å². The Morgan fingerprint density at radius 3 is 2.94 bits per heavy atom. The molecule has 0 aliphatic carbocycles. The van der Waals surface area contributed by atoms with E-state index in [1.807, 2.05) is 0 Å². The summed E-state index contributed by atoms with van der Waals surface area (Å²) in [6.07, 6.45) is 3.63. The second-order valence-electron chi connectivity index (χ2n) is 2.97. The number of nitrogens with zero attached hydrogens (tertiary/aromatic N) is 1. The van der Waals surface area contributed by atoms with Crippen LogP contribution in [0.25, 0.3) is 0 Å². The van der Waals surface area contributed by atoms with Crippen LogP contribution >= 0.6 is 11.3 Å². The van der Waals surface area contributed by atoms with Gasteiger partial charge in [0, 0.05) is 18.3 Å². The van der Waals surface area contributed by atoms with Crippen molar-refractivity contribution >= 4 is 23.2 Å². The molecule has 16 heavy (non-hydrogen) atoms. The summed E-state index contributed by atoms with van der Waals surface area (Å²) >= 11 is 1.28. The number of carboxylic acid groups (broad SMARTS) is 1. The van der Waals surface area contributed by atoms with Crippen LogP contribution in [0, 0.1) is 0 Å². The van der Waals surface area contributed by atoms with Gasteiger partial charge in [0.1, 0.15) is 0 Å². The predicted octanol–water partition coefficient (Wildman–Crippen LogP) is 1.08. The highest BCUT2D eigenvalue weighted by Crippen LogP contribution is 2.09. The van der Waals surface area contributed by atoms with Crippen LogP contribution in [0.1, 0.15) is 22.4 Å². The Labute approximate surface area is 96.8 Å². The van der Waals surface area contributed by atoms with E-state index >= 15 is 0 Å². The zero-order valence-electron chi connectivity index (χ0n) is 8.77. The van der Waals surface area contributed by atoms with Crippen molar-refractivity contribution < 1.29 is 14.7 Å². The van der Waals surface area contributed by atoms with Gasteiger partial charge in [0.2, 0.25) is 5.91 Å². The molecule has 1 rings (SSSR count). The van der Waals surface area contributed by atoms with Crippen LogP contribution in [-0.2, 0) is 11.2 Å². The highest BCUT2D eigenvalue weighted by atomic mass is 32.1. The number of rotatable bonds is 5. The Morgan fingerprint density at radius 2 is 2.38 bits per heavy atom. The highest BCUT2D eigenvalue weighted by Gasteiger charge is 2.08. The van der Waals surface area contributed by atoms with Crippen LogP contribution in [0.5, 0.6) is 0 Å². The second kappa shape index (κ2) is 6.02. The van der Waals surface area contributed by atoms with Crippen LogP contribution in [0.15, 0.2) is 17.5 Å². The Kier molecular flexibility index (Phi) is 4.65. The molecule has 1 aromatic heterocycles. The number of carbonyl (C=O) groups excluding carboxylic acids is 1. The fourth-order valence-electron chi connectivity index (χ4n) is 1.03. The summed E-state index contributed by atoms with van der Waals surface area (Å²) in [6.45, 7) is 2.22. The summed E-state index contributed by atoms with van der Waals surface area (Å²) in [5.41, 5.74) is 0.0554. The van der Waals surface area contributed by atoms with Crippen LogP contribution < -0.4 is 5.32 Å². The normalized spacial score (nSPS) is 10.6. The van der Waals surface area contributed by atoms with Gasteiger partial charge in [0.05, 0.1) is 5.01 Å². The average molecular weight is 240 g/mol. The second-order valence-corrected chi connectivity index (χ2v) is 3.92. The van der Waals surface area contributed by atoms with Gasteiger partial charge in [-0.05, 0) is 13.0 Å². The first-order valence-electron chi connectivity index (χ1n) is 4.71. The Balaban J connectivity index is 2.37. The predicted molar refractivity (Wildman–Crippen MR) is 60.6 cm³/mol. The molecule has 0 spiro atoms. The molecule has 0 atom stereocenters. The summed E-state index contributed by atoms with van der Waals surface area (Å²) in [6, 6.07) is 0. The van der Waals surface area contributed by atoms with E-state index in [9.17, 15) is 9.59 Å². The summed E-state index contributed by atoms with van der Waals surface area (Å²) in [7, 11) is 0. The van der Waals surface area contributed by atoms with Gasteiger partial charge in [0.15, 0.2) is 5.69 Å². The zero-order valence-corrected chi connectivity index (χ0v) is 9.58. The molecule has 0 unspecified atom stereocenters. The molecular weight excluding hydrogens is 228 g/mol. The Hall–Kier alpha value is -1.69. The third-order valence-electron chi connectivity index (χ3n) is 1.73. The van der Waals surface area contributed by atoms with Gasteiger partial charge in [-0.25, -0.2) is 9.78 Å². The maximum Gasteiger partial charge on any atom is 0.355 e. The number of hydrogen-bond donors (Lipinski definition) is 2. The molecule has 0 saturated heterocycles. The fraction of sp³-hybridized carbons (Fsp3) is 0.300. The van der Waals surface area contributed by atoms with Crippen LogP contribution in [0.2, 0.25) is 0 Å². The monoisotopic (exact) mass is 240 g/mol. The number of aromatic carboxylic acids is 1. The zero-order chi connectivity index (χ0) is 12.0. The van der Waals surface area contributed by atoms with Crippen molar-refractivity contribution in [3.05, 3.63) is 28.2 Å². The molecule has 5 nitrogen and oxygen atoms in total. The minimum atomic E-state index is -1.03. The van der Waals surface area contributed by atoms with Crippen LogP contribution in [-0.4, -0.2) is 28.5 Å². The van der Waals surface area contributed by atoms with Gasteiger partial charge >= 0.3 is 5.97 Å². The molecule has 0 radical (unpaired) electrons. The maximum absolute atomic E-state index is 11.0. The smallest absolute Gasteiger partial charge is 0.355 e. The first-order valence-corrected chi connectivity index (χ1v) is 5.59. The molecule has 1 amide bonds. The van der Waals surface area contributed by atoms with E-state index in [-0.39, 0.29) is 11.6 Å². The van der Waals surface area contributed by atoms with E-state index in [1.165, 1.54) is 22.8 Å². The number of allylic oxidation sites excluding steroid dienone is 1. The van der Waals surface area contributed by atoms with Crippen molar-refractivity contribution in [2.24, 2.45) is 0 Å². The molecule has 0 aliphatic heterocycles. The summed E-state index contributed by atoms with van der Waals surface area (Å²) in [5, 5.41) is 13.5. The Morgan fingerprint density at radius 1 is 1.62 bits per heavy atom. The third kappa shape index (κ3) is 3.82. The number of amides is 1. The summed E-state index contributed by atoms with van der Waals surface area (Å²) in [4.78, 5) is 25.5. The molecule has 2 N–H and O–H groups in total. The number of carbonyl (C=O) groups is 2. The number of thiazole rings is 1. The topological polar surface area (TPSA) is 79.3 Å². The molecule has 0 aliphatic rings. The molecule has 0 saturated carbocycles. The quantitative estimate of drug-likeness (QED) is 0.755. The fourth-order valence-corrected chi connectivity index (χ4v) is 1.80.